The second-order valence-electron chi connectivity index (χ2n) is 8.41. The maximum Gasteiger partial charge on any atom is 0.407 e. The van der Waals surface area contributed by atoms with E-state index in [4.69, 9.17) is 9.47 Å². The first kappa shape index (κ1) is 22.8. The number of likely N-dealkylation sites (tertiary alicyclic amines) is 1. The van der Waals surface area contributed by atoms with Crippen LogP contribution in [0.5, 0.6) is 5.75 Å². The molecule has 2 amide bonds. The van der Waals surface area contributed by atoms with Crippen LogP contribution in [0.3, 0.4) is 0 Å². The summed E-state index contributed by atoms with van der Waals surface area (Å²) in [6, 6.07) is 8.20. The topological polar surface area (TPSA) is 67.9 Å². The molecule has 0 unspecified atom stereocenters. The zero-order chi connectivity index (χ0) is 21.3. The summed E-state index contributed by atoms with van der Waals surface area (Å²) in [6.07, 6.45) is 3.75. The molecule has 0 aliphatic carbocycles. The lowest BCUT2D eigenvalue weighted by atomic mass is 9.87. The fourth-order valence-electron chi connectivity index (χ4n) is 3.24. The summed E-state index contributed by atoms with van der Waals surface area (Å²) < 4.78 is 10.7. The van der Waals surface area contributed by atoms with Gasteiger partial charge in [-0.3, -0.25) is 4.79 Å². The van der Waals surface area contributed by atoms with E-state index in [1.807, 2.05) is 17.0 Å². The lowest BCUT2D eigenvalue weighted by Crippen LogP contribution is -2.46. The lowest BCUT2D eigenvalue weighted by Gasteiger charge is -2.32. The highest BCUT2D eigenvalue weighted by atomic mass is 16.5. The van der Waals surface area contributed by atoms with Crippen molar-refractivity contribution in [1.29, 1.82) is 0 Å². The summed E-state index contributed by atoms with van der Waals surface area (Å²) in [5.41, 5.74) is 1.40. The number of alkyl carbamates (subject to hydrolysis) is 1. The zero-order valence-electron chi connectivity index (χ0n) is 17.9. The van der Waals surface area contributed by atoms with E-state index >= 15 is 0 Å². The second-order valence-corrected chi connectivity index (χ2v) is 8.41. The summed E-state index contributed by atoms with van der Waals surface area (Å²) in [5, 5.41) is 2.83. The zero-order valence-corrected chi connectivity index (χ0v) is 17.9. The molecule has 1 aromatic rings. The number of amides is 2. The average molecular weight is 403 g/mol. The monoisotopic (exact) mass is 402 g/mol. The van der Waals surface area contributed by atoms with Crippen molar-refractivity contribution in [3.05, 3.63) is 42.5 Å². The Morgan fingerprint density at radius 3 is 2.45 bits per heavy atom. The molecule has 0 atom stereocenters. The standard InChI is InChI=1S/C23H34N2O4/c1-5-16-29-22(27)24-19-12-14-25(15-13-19)21(26)7-6-17-28-20-10-8-18(9-11-20)23(2,3)4/h5,8-11,19H,1,6-7,12-17H2,2-4H3,(H,24,27). The SMILES string of the molecule is C=CCOC(=O)NC1CCN(C(=O)CCCOc2ccc(C(C)(C)C)cc2)CC1. The molecule has 6 nitrogen and oxygen atoms in total. The third-order valence-electron chi connectivity index (χ3n) is 5.03. The van der Waals surface area contributed by atoms with Crippen LogP contribution in [-0.2, 0) is 14.9 Å². The maximum atomic E-state index is 12.4. The van der Waals surface area contributed by atoms with Crippen LogP contribution >= 0.6 is 0 Å². The van der Waals surface area contributed by atoms with E-state index in [9.17, 15) is 9.59 Å². The molecular formula is C23H34N2O4. The van der Waals surface area contributed by atoms with Crippen LogP contribution in [0.1, 0.15) is 52.0 Å². The lowest BCUT2D eigenvalue weighted by molar-refractivity contribution is -0.132. The van der Waals surface area contributed by atoms with Crippen molar-refractivity contribution in [3.63, 3.8) is 0 Å². The van der Waals surface area contributed by atoms with Crippen molar-refractivity contribution in [2.24, 2.45) is 0 Å². The van der Waals surface area contributed by atoms with Gasteiger partial charge in [-0.05, 0) is 42.4 Å². The van der Waals surface area contributed by atoms with Gasteiger partial charge in [0.15, 0.2) is 0 Å². The molecule has 6 heteroatoms. The van der Waals surface area contributed by atoms with Gasteiger partial charge in [0.1, 0.15) is 12.4 Å². The highest BCUT2D eigenvalue weighted by Crippen LogP contribution is 2.24. The molecule has 0 saturated carbocycles. The van der Waals surface area contributed by atoms with Crippen LogP contribution in [0, 0.1) is 0 Å². The molecule has 0 radical (unpaired) electrons. The molecule has 1 aliphatic heterocycles. The van der Waals surface area contributed by atoms with Gasteiger partial charge in [0.25, 0.3) is 0 Å². The number of ether oxygens (including phenoxy) is 2. The van der Waals surface area contributed by atoms with E-state index in [1.165, 1.54) is 11.6 Å². The summed E-state index contributed by atoms with van der Waals surface area (Å²) in [7, 11) is 0. The van der Waals surface area contributed by atoms with Crippen LogP contribution in [0.25, 0.3) is 0 Å². The maximum absolute atomic E-state index is 12.4. The molecule has 1 saturated heterocycles. The molecular weight excluding hydrogens is 368 g/mol. The van der Waals surface area contributed by atoms with Gasteiger partial charge in [0, 0.05) is 25.6 Å². The number of rotatable bonds is 8. The first-order chi connectivity index (χ1) is 13.8. The van der Waals surface area contributed by atoms with E-state index in [2.05, 4.69) is 44.8 Å². The summed E-state index contributed by atoms with van der Waals surface area (Å²) >= 11 is 0. The second kappa shape index (κ2) is 10.9. The van der Waals surface area contributed by atoms with Gasteiger partial charge in [-0.15, -0.1) is 0 Å². The molecule has 1 N–H and O–H groups in total. The Hall–Kier alpha value is -2.50. The number of hydrogen-bond donors (Lipinski definition) is 1. The molecule has 1 fully saturated rings. The Morgan fingerprint density at radius 1 is 1.21 bits per heavy atom. The third kappa shape index (κ3) is 7.80. The minimum Gasteiger partial charge on any atom is -0.494 e. The molecule has 0 bridgehead atoms. The molecule has 0 aromatic heterocycles. The molecule has 1 aliphatic rings. The van der Waals surface area contributed by atoms with Crippen molar-refractivity contribution in [1.82, 2.24) is 10.2 Å². The van der Waals surface area contributed by atoms with Crippen molar-refractivity contribution in [2.75, 3.05) is 26.3 Å². The Balaban J connectivity index is 1.62. The molecule has 2 rings (SSSR count). The molecule has 29 heavy (non-hydrogen) atoms. The highest BCUT2D eigenvalue weighted by molar-refractivity contribution is 5.76. The fourth-order valence-corrected chi connectivity index (χ4v) is 3.24. The summed E-state index contributed by atoms with van der Waals surface area (Å²) in [4.78, 5) is 25.8. The Kier molecular flexibility index (Phi) is 8.55. The Labute approximate surface area is 174 Å². The van der Waals surface area contributed by atoms with Crippen molar-refractivity contribution < 1.29 is 19.1 Å². The molecule has 0 spiro atoms. The number of benzene rings is 1. The first-order valence-electron chi connectivity index (χ1n) is 10.3. The number of piperidine rings is 1. The number of nitrogens with one attached hydrogen (secondary N) is 1. The minimum absolute atomic E-state index is 0.0516. The van der Waals surface area contributed by atoms with E-state index in [1.54, 1.807) is 0 Å². The molecule has 160 valence electrons. The van der Waals surface area contributed by atoms with Crippen LogP contribution < -0.4 is 10.1 Å². The summed E-state index contributed by atoms with van der Waals surface area (Å²) in [5.74, 6) is 0.977. The largest absolute Gasteiger partial charge is 0.494 e. The van der Waals surface area contributed by atoms with Gasteiger partial charge in [-0.2, -0.15) is 0 Å². The van der Waals surface area contributed by atoms with Gasteiger partial charge in [-0.25, -0.2) is 4.79 Å². The smallest absolute Gasteiger partial charge is 0.407 e. The predicted octanol–water partition coefficient (Wildman–Crippen LogP) is 4.05. The quantitative estimate of drug-likeness (QED) is 0.526. The third-order valence-corrected chi connectivity index (χ3v) is 5.03. The molecule has 1 aromatic carbocycles. The van der Waals surface area contributed by atoms with Gasteiger partial charge in [-0.1, -0.05) is 45.6 Å². The van der Waals surface area contributed by atoms with E-state index in [0.29, 0.717) is 32.5 Å². The predicted molar refractivity (Wildman–Crippen MR) is 114 cm³/mol. The van der Waals surface area contributed by atoms with Gasteiger partial charge in [0.2, 0.25) is 5.91 Å². The summed E-state index contributed by atoms with van der Waals surface area (Å²) in [6.45, 7) is 12.1. The fraction of sp³-hybridized carbons (Fsp3) is 0.565. The normalized spacial score (nSPS) is 14.9. The number of nitrogens with zero attached hydrogens (tertiary/aromatic N) is 1. The number of hydrogen-bond acceptors (Lipinski definition) is 4. The van der Waals surface area contributed by atoms with Crippen LogP contribution in [0.4, 0.5) is 4.79 Å². The van der Waals surface area contributed by atoms with Crippen molar-refractivity contribution >= 4 is 12.0 Å². The van der Waals surface area contributed by atoms with E-state index < -0.39 is 6.09 Å². The molecule has 1 heterocycles. The van der Waals surface area contributed by atoms with Crippen molar-refractivity contribution in [2.45, 2.75) is 57.9 Å². The van der Waals surface area contributed by atoms with Gasteiger partial charge >= 0.3 is 6.09 Å². The van der Waals surface area contributed by atoms with Crippen LogP contribution in [0.2, 0.25) is 0 Å². The van der Waals surface area contributed by atoms with Gasteiger partial charge < -0.3 is 19.7 Å². The van der Waals surface area contributed by atoms with Crippen molar-refractivity contribution in [3.8, 4) is 5.75 Å². The highest BCUT2D eigenvalue weighted by Gasteiger charge is 2.23. The van der Waals surface area contributed by atoms with Crippen LogP contribution in [-0.4, -0.2) is 49.2 Å². The van der Waals surface area contributed by atoms with Gasteiger partial charge in [0.05, 0.1) is 6.61 Å². The minimum atomic E-state index is -0.428. The van der Waals surface area contributed by atoms with E-state index in [0.717, 1.165) is 18.6 Å². The first-order valence-corrected chi connectivity index (χ1v) is 10.3. The Morgan fingerprint density at radius 2 is 1.86 bits per heavy atom. The number of carbonyl (C=O) groups excluding carboxylic acids is 2. The Bertz CT molecular complexity index is 671. The van der Waals surface area contributed by atoms with Crippen LogP contribution in [0.15, 0.2) is 36.9 Å². The van der Waals surface area contributed by atoms with E-state index in [-0.39, 0.29) is 24.0 Å². The average Bonchev–Trinajstić information content (AvgIpc) is 2.69. The number of carbonyl (C=O) groups is 2.